The number of carbonyl (C=O) groups excluding carboxylic acids is 2. The van der Waals surface area contributed by atoms with E-state index in [-0.39, 0.29) is 23.9 Å². The minimum absolute atomic E-state index is 0.0170. The second kappa shape index (κ2) is 7.20. The van der Waals surface area contributed by atoms with E-state index in [9.17, 15) is 9.59 Å². The lowest BCUT2D eigenvalue weighted by molar-refractivity contribution is 0.0115. The van der Waals surface area contributed by atoms with Crippen molar-refractivity contribution in [2.24, 2.45) is 5.92 Å². The predicted octanol–water partition coefficient (Wildman–Crippen LogP) is 4.27. The van der Waals surface area contributed by atoms with Crippen LogP contribution in [-0.4, -0.2) is 50.5 Å². The first-order valence-corrected chi connectivity index (χ1v) is 11.4. The van der Waals surface area contributed by atoms with Crippen molar-refractivity contribution in [2.75, 3.05) is 13.1 Å². The molecule has 1 saturated carbocycles. The highest BCUT2D eigenvalue weighted by Gasteiger charge is 2.53. The largest absolute Gasteiger partial charge is 0.334 e. The Kier molecular flexibility index (Phi) is 4.40. The van der Waals surface area contributed by atoms with Gasteiger partial charge >= 0.3 is 0 Å². The lowest BCUT2D eigenvalue weighted by Gasteiger charge is -2.46. The van der Waals surface area contributed by atoms with E-state index in [4.69, 9.17) is 16.7 Å². The van der Waals surface area contributed by atoms with Gasteiger partial charge in [0.15, 0.2) is 0 Å². The second-order valence-corrected chi connectivity index (χ2v) is 9.40. The third-order valence-electron chi connectivity index (χ3n) is 6.84. The van der Waals surface area contributed by atoms with Crippen LogP contribution in [0.1, 0.15) is 51.0 Å². The molecular weight excluding hydrogens is 424 g/mol. The number of halogens is 1. The van der Waals surface area contributed by atoms with Crippen molar-refractivity contribution in [3.8, 4) is 5.69 Å². The average molecular weight is 447 g/mol. The molecule has 1 atom stereocenters. The van der Waals surface area contributed by atoms with Gasteiger partial charge in [0.05, 0.1) is 23.5 Å². The molecule has 32 heavy (non-hydrogen) atoms. The summed E-state index contributed by atoms with van der Waals surface area (Å²) >= 11 is 5.95. The number of fused-ring (bicyclic) bond motifs is 1. The van der Waals surface area contributed by atoms with E-state index in [1.54, 1.807) is 28.9 Å². The molecule has 2 fully saturated rings. The van der Waals surface area contributed by atoms with Crippen molar-refractivity contribution in [1.29, 1.82) is 0 Å². The molecule has 3 aromatic rings. The Hall–Kier alpha value is -3.12. The van der Waals surface area contributed by atoms with E-state index < -0.39 is 0 Å². The van der Waals surface area contributed by atoms with Gasteiger partial charge in [-0.05, 0) is 62.1 Å². The molecule has 0 spiro atoms. The summed E-state index contributed by atoms with van der Waals surface area (Å²) in [5.74, 6) is 0.495. The van der Waals surface area contributed by atoms with Crippen LogP contribution in [0.15, 0.2) is 54.6 Å². The van der Waals surface area contributed by atoms with Crippen LogP contribution in [0.4, 0.5) is 0 Å². The van der Waals surface area contributed by atoms with E-state index in [0.29, 0.717) is 35.3 Å². The summed E-state index contributed by atoms with van der Waals surface area (Å²) in [6.07, 6.45) is 2.26. The second-order valence-electron chi connectivity index (χ2n) is 8.96. The third kappa shape index (κ3) is 2.97. The molecule has 7 heteroatoms. The van der Waals surface area contributed by atoms with Gasteiger partial charge in [-0.25, -0.2) is 4.68 Å². The third-order valence-corrected chi connectivity index (χ3v) is 7.09. The van der Waals surface area contributed by atoms with Gasteiger partial charge in [0, 0.05) is 29.2 Å². The summed E-state index contributed by atoms with van der Waals surface area (Å²) in [6.45, 7) is 3.11. The normalized spacial score (nSPS) is 20.4. The fourth-order valence-electron chi connectivity index (χ4n) is 5.08. The summed E-state index contributed by atoms with van der Waals surface area (Å²) in [6, 6.07) is 16.9. The molecule has 3 heterocycles. The van der Waals surface area contributed by atoms with Crippen molar-refractivity contribution in [1.82, 2.24) is 19.6 Å². The molecule has 6 nitrogen and oxygen atoms in total. The Bertz CT molecular complexity index is 1210. The van der Waals surface area contributed by atoms with Crippen LogP contribution in [0.25, 0.3) is 5.69 Å². The van der Waals surface area contributed by atoms with Crippen molar-refractivity contribution >= 4 is 23.4 Å². The SMILES string of the molecule is Cc1nn(-c2ccccc2)c2c1C(C1CC1)N(C1CN(C(=O)c3ccc(Cl)cc3)C1)C2=O. The molecule has 1 aliphatic carbocycles. The van der Waals surface area contributed by atoms with Crippen LogP contribution < -0.4 is 0 Å². The molecule has 0 N–H and O–H groups in total. The van der Waals surface area contributed by atoms with Gasteiger partial charge in [-0.3, -0.25) is 9.59 Å². The van der Waals surface area contributed by atoms with Crippen molar-refractivity contribution in [2.45, 2.75) is 31.8 Å². The first-order chi connectivity index (χ1) is 15.5. The highest BCUT2D eigenvalue weighted by atomic mass is 35.5. The zero-order valence-electron chi connectivity index (χ0n) is 17.7. The Morgan fingerprint density at radius 3 is 2.38 bits per heavy atom. The molecule has 1 saturated heterocycles. The van der Waals surface area contributed by atoms with Gasteiger partial charge in [0.1, 0.15) is 5.69 Å². The van der Waals surface area contributed by atoms with E-state index in [2.05, 4.69) is 0 Å². The van der Waals surface area contributed by atoms with E-state index in [0.717, 1.165) is 29.8 Å². The Morgan fingerprint density at radius 1 is 1.03 bits per heavy atom. The average Bonchev–Trinajstić information content (AvgIpc) is 3.49. The molecule has 0 radical (unpaired) electrons. The maximum atomic E-state index is 13.7. The van der Waals surface area contributed by atoms with Crippen LogP contribution >= 0.6 is 11.6 Å². The Balaban J connectivity index is 1.28. The minimum atomic E-state index is -0.0170. The van der Waals surface area contributed by atoms with Crippen molar-refractivity contribution in [3.63, 3.8) is 0 Å². The lowest BCUT2D eigenvalue weighted by atomic mass is 9.99. The van der Waals surface area contributed by atoms with E-state index in [1.165, 1.54) is 0 Å². The van der Waals surface area contributed by atoms with Crippen molar-refractivity contribution < 1.29 is 9.59 Å². The van der Waals surface area contributed by atoms with E-state index in [1.807, 2.05) is 47.1 Å². The Labute approximate surface area is 191 Å². The molecule has 1 aromatic heterocycles. The number of carbonyl (C=O) groups is 2. The predicted molar refractivity (Wildman–Crippen MR) is 121 cm³/mol. The maximum absolute atomic E-state index is 13.7. The standard InChI is InChI=1S/C25H23ClN4O2/c1-15-21-22(16-7-8-16)29(25(32)23(21)30(27-15)19-5-3-2-4-6-19)20-13-28(14-20)24(31)17-9-11-18(26)12-10-17/h2-6,9-12,16,20,22H,7-8,13-14H2,1H3. The molecular formula is C25H23ClN4O2. The van der Waals surface area contributed by atoms with Crippen LogP contribution in [0, 0.1) is 12.8 Å². The molecule has 0 bridgehead atoms. The monoisotopic (exact) mass is 446 g/mol. The van der Waals surface area contributed by atoms with Crippen LogP contribution in [-0.2, 0) is 0 Å². The van der Waals surface area contributed by atoms with Gasteiger partial charge in [-0.15, -0.1) is 0 Å². The van der Waals surface area contributed by atoms with Crippen LogP contribution in [0.2, 0.25) is 5.02 Å². The quantitative estimate of drug-likeness (QED) is 0.601. The highest BCUT2D eigenvalue weighted by molar-refractivity contribution is 6.30. The number of aryl methyl sites for hydroxylation is 1. The molecule has 2 amide bonds. The summed E-state index contributed by atoms with van der Waals surface area (Å²) in [5, 5.41) is 5.34. The number of benzene rings is 2. The fourth-order valence-corrected chi connectivity index (χ4v) is 5.21. The summed E-state index contributed by atoms with van der Waals surface area (Å²) in [7, 11) is 0. The van der Waals surface area contributed by atoms with Gasteiger partial charge in [0.2, 0.25) is 0 Å². The number of hydrogen-bond donors (Lipinski definition) is 0. The number of likely N-dealkylation sites (tertiary alicyclic amines) is 1. The van der Waals surface area contributed by atoms with Crippen molar-refractivity contribution in [3.05, 3.63) is 82.1 Å². The van der Waals surface area contributed by atoms with Gasteiger partial charge in [-0.2, -0.15) is 5.10 Å². The van der Waals surface area contributed by atoms with E-state index >= 15 is 0 Å². The summed E-state index contributed by atoms with van der Waals surface area (Å²) in [4.78, 5) is 30.4. The molecule has 162 valence electrons. The lowest BCUT2D eigenvalue weighted by Crippen LogP contribution is -2.62. The fraction of sp³-hybridized carbons (Fsp3) is 0.320. The number of aromatic nitrogens is 2. The number of rotatable bonds is 4. The van der Waals surface area contributed by atoms with Gasteiger partial charge in [0.25, 0.3) is 11.8 Å². The number of hydrogen-bond acceptors (Lipinski definition) is 3. The van der Waals surface area contributed by atoms with Crippen LogP contribution in [0.3, 0.4) is 0 Å². The van der Waals surface area contributed by atoms with Gasteiger partial charge < -0.3 is 9.80 Å². The molecule has 3 aliphatic rings. The molecule has 2 aromatic carbocycles. The zero-order chi connectivity index (χ0) is 22.0. The number of amides is 2. The topological polar surface area (TPSA) is 58.4 Å². The maximum Gasteiger partial charge on any atom is 0.273 e. The minimum Gasteiger partial charge on any atom is -0.334 e. The highest BCUT2D eigenvalue weighted by Crippen LogP contribution is 2.52. The van der Waals surface area contributed by atoms with Gasteiger partial charge in [-0.1, -0.05) is 29.8 Å². The number of para-hydroxylation sites is 1. The van der Waals surface area contributed by atoms with Crippen LogP contribution in [0.5, 0.6) is 0 Å². The molecule has 6 rings (SSSR count). The first-order valence-electron chi connectivity index (χ1n) is 11.1. The smallest absolute Gasteiger partial charge is 0.273 e. The number of nitrogens with zero attached hydrogens (tertiary/aromatic N) is 4. The summed E-state index contributed by atoms with van der Waals surface area (Å²) in [5.41, 5.74) is 4.20. The Morgan fingerprint density at radius 2 is 1.72 bits per heavy atom. The zero-order valence-corrected chi connectivity index (χ0v) is 18.5. The molecule has 2 aliphatic heterocycles. The molecule has 1 unspecified atom stereocenters. The first kappa shape index (κ1) is 19.6. The summed E-state index contributed by atoms with van der Waals surface area (Å²) < 4.78 is 1.80.